The molecule has 394 valence electrons. The molecule has 0 atom stereocenters. The van der Waals surface area contributed by atoms with Crippen molar-refractivity contribution in [1.29, 1.82) is 0 Å². The predicted octanol–water partition coefficient (Wildman–Crippen LogP) is 10.1. The van der Waals surface area contributed by atoms with E-state index < -0.39 is 0 Å². The predicted molar refractivity (Wildman–Crippen MR) is 319 cm³/mol. The first-order valence-electron chi connectivity index (χ1n) is 24.6. The number of hydrogen-bond acceptors (Lipinski definition) is 17. The van der Waals surface area contributed by atoms with Crippen molar-refractivity contribution < 1.29 is 0 Å². The molecule has 11 N–H and O–H groups in total. The highest BCUT2D eigenvalue weighted by molar-refractivity contribution is 5.97. The van der Waals surface area contributed by atoms with Crippen LogP contribution in [-0.2, 0) is 0 Å². The monoisotopic (exact) mass is 1050 g/mol. The summed E-state index contributed by atoms with van der Waals surface area (Å²) in [5.74, 6) is 21.5. The van der Waals surface area contributed by atoms with Crippen LogP contribution in [-0.4, -0.2) is 74.6 Å². The largest absolute Gasteiger partial charge is 0.322 e. The number of H-pyrrole nitrogens is 1. The van der Waals surface area contributed by atoms with Crippen LogP contribution < -0.4 is 44.0 Å². The normalized spacial score (nSPS) is 11.2. The molecule has 0 radical (unpaired) electrons. The summed E-state index contributed by atoms with van der Waals surface area (Å²) in [5, 5.41) is 15.6. The quantitative estimate of drug-likeness (QED) is 0.0318. The first-order chi connectivity index (χ1) is 38.7. The number of nitrogens with zero attached hydrogens (tertiary/aromatic N) is 13. The Morgan fingerprint density at radius 2 is 0.772 bits per heavy atom. The number of benzene rings is 7. The van der Waals surface area contributed by atoms with Gasteiger partial charge < -0.3 is 26.5 Å². The van der Waals surface area contributed by atoms with Crippen LogP contribution in [0.2, 0.25) is 0 Å². The third kappa shape index (κ3) is 14.8. The fraction of sp³-hybridized carbons (Fsp3) is 0.0690. The van der Waals surface area contributed by atoms with Gasteiger partial charge in [0.15, 0.2) is 23.3 Å². The van der Waals surface area contributed by atoms with Crippen molar-refractivity contribution in [3.8, 4) is 0 Å². The van der Waals surface area contributed by atoms with Gasteiger partial charge in [-0.15, -0.1) is 0 Å². The zero-order valence-electron chi connectivity index (χ0n) is 43.7. The lowest BCUT2D eigenvalue weighted by Crippen LogP contribution is -2.27. The van der Waals surface area contributed by atoms with Crippen molar-refractivity contribution in [1.82, 2.24) is 66.3 Å². The molecule has 0 amide bonds. The molecule has 0 unspecified atom stereocenters. The van der Waals surface area contributed by atoms with E-state index in [1.54, 1.807) is 20.8 Å². The van der Waals surface area contributed by atoms with Crippen LogP contribution in [0.1, 0.15) is 20.8 Å². The van der Waals surface area contributed by atoms with Crippen molar-refractivity contribution in [2.75, 3.05) is 17.3 Å². The van der Waals surface area contributed by atoms with Gasteiger partial charge in [0.1, 0.15) is 42.3 Å². The fourth-order valence-electron chi connectivity index (χ4n) is 7.44. The maximum Gasteiger partial charge on any atom is 0.232 e. The molecule has 0 fully saturated rings. The second kappa shape index (κ2) is 27.7. The Hall–Kier alpha value is -10.7. The summed E-state index contributed by atoms with van der Waals surface area (Å²) in [6.45, 7) is 5.32. The summed E-state index contributed by atoms with van der Waals surface area (Å²) in [4.78, 5) is 49.0. The van der Waals surface area contributed by atoms with E-state index in [4.69, 9.17) is 27.5 Å². The van der Waals surface area contributed by atoms with E-state index in [1.165, 1.54) is 19.0 Å². The summed E-state index contributed by atoms with van der Waals surface area (Å²) in [6.07, 6.45) is 4.47. The minimum atomic E-state index is 0.610. The lowest BCUT2D eigenvalue weighted by atomic mass is 10.2. The summed E-state index contributed by atoms with van der Waals surface area (Å²) in [7, 11) is 1.97. The summed E-state index contributed by atoms with van der Waals surface area (Å²) in [6, 6.07) is 61.2. The second-order valence-electron chi connectivity index (χ2n) is 16.8. The smallest absolute Gasteiger partial charge is 0.232 e. The summed E-state index contributed by atoms with van der Waals surface area (Å²) >= 11 is 0. The Morgan fingerprint density at radius 1 is 0.405 bits per heavy atom. The van der Waals surface area contributed by atoms with Crippen LogP contribution in [0.5, 0.6) is 0 Å². The van der Waals surface area contributed by atoms with Crippen LogP contribution in [0.4, 0.5) is 40.7 Å². The molecule has 0 spiro atoms. The molecular weight excluding hydrogens is 991 g/mol. The first kappa shape index (κ1) is 54.5. The van der Waals surface area contributed by atoms with Gasteiger partial charge >= 0.3 is 0 Å². The highest BCUT2D eigenvalue weighted by Crippen LogP contribution is 2.31. The van der Waals surface area contributed by atoms with E-state index in [0.29, 0.717) is 40.9 Å². The number of aliphatic imine (C=N–C) groups is 3. The molecule has 5 aromatic heterocycles. The van der Waals surface area contributed by atoms with Gasteiger partial charge in [-0.2, -0.15) is 10.1 Å². The number of nitrogens with two attached hydrogens (primary N) is 3. The molecule has 0 aliphatic heterocycles. The Labute approximate surface area is 454 Å². The average molecular weight is 1050 g/mol. The molecule has 79 heavy (non-hydrogen) atoms. The number of nitrogens with one attached hydrogen (secondary N) is 5. The molecule has 12 rings (SSSR count). The fourth-order valence-corrected chi connectivity index (χ4v) is 7.44. The van der Waals surface area contributed by atoms with E-state index in [1.807, 2.05) is 200 Å². The second-order valence-corrected chi connectivity index (χ2v) is 16.8. The molecule has 0 aliphatic carbocycles. The molecule has 5 heterocycles. The zero-order valence-corrected chi connectivity index (χ0v) is 43.7. The first-order valence-corrected chi connectivity index (χ1v) is 24.6. The molecule has 12 aromatic rings. The van der Waals surface area contributed by atoms with Gasteiger partial charge in [-0.25, -0.2) is 67.4 Å². The van der Waals surface area contributed by atoms with E-state index in [0.717, 1.165) is 71.8 Å². The van der Waals surface area contributed by atoms with Crippen molar-refractivity contribution in [2.45, 2.75) is 20.8 Å². The molecule has 0 saturated carbocycles. The Morgan fingerprint density at radius 3 is 1.22 bits per heavy atom. The molecule has 0 saturated heterocycles. The van der Waals surface area contributed by atoms with E-state index >= 15 is 0 Å². The van der Waals surface area contributed by atoms with Crippen LogP contribution in [0.15, 0.2) is 222 Å². The summed E-state index contributed by atoms with van der Waals surface area (Å²) < 4.78 is 0. The van der Waals surface area contributed by atoms with E-state index in [-0.39, 0.29) is 0 Å². The number of hydrogen-bond donors (Lipinski definition) is 8. The van der Waals surface area contributed by atoms with Crippen LogP contribution in [0.25, 0.3) is 54.5 Å². The third-order valence-electron chi connectivity index (χ3n) is 11.4. The third-order valence-corrected chi connectivity index (χ3v) is 11.4. The lowest BCUT2D eigenvalue weighted by Gasteiger charge is -2.19. The molecule has 21 heteroatoms. The number of anilines is 4. The van der Waals surface area contributed by atoms with Crippen LogP contribution in [0, 0.1) is 0 Å². The standard InChI is InChI=1S/C22H18N6.3C10H11N5.C6H6/c1-28(15-9-3-2-4-10-15)22-23-18-13-7-5-11-16(18)20(25-22)24-21-17-12-6-8-14-19(17)26-27-21;3*1-7(15-11)14-10-8-4-2-3-5-9(8)12-6-13-10;1-2-4-6-5-3-1/h2-14H,1H3,(H2,23,24,25,26,27);3*2-6H,11H2,1H3,(H,12,13,14,15);1-6H. The number of para-hydroxylation sites is 6. The molecule has 21 nitrogen and oxygen atoms in total. The Kier molecular flexibility index (Phi) is 19.1. The lowest BCUT2D eigenvalue weighted by molar-refractivity contribution is 1.01. The maximum absolute atomic E-state index is 5.24. The van der Waals surface area contributed by atoms with Gasteiger partial charge in [0.2, 0.25) is 5.95 Å². The van der Waals surface area contributed by atoms with Crippen molar-refractivity contribution in [3.63, 3.8) is 0 Å². The molecule has 7 aromatic carbocycles. The number of aromatic nitrogens is 10. The average Bonchev–Trinajstić information content (AvgIpc) is 4.03. The number of aromatic amines is 1. The number of amidine groups is 3. The Bertz CT molecular complexity index is 3710. The Balaban J connectivity index is 0.000000139. The molecule has 0 aliphatic rings. The van der Waals surface area contributed by atoms with Crippen molar-refractivity contribution in [3.05, 3.63) is 207 Å². The van der Waals surface area contributed by atoms with Gasteiger partial charge in [-0.3, -0.25) is 5.10 Å². The van der Waals surface area contributed by atoms with E-state index in [9.17, 15) is 0 Å². The molecule has 0 bridgehead atoms. The van der Waals surface area contributed by atoms with Gasteiger partial charge in [-0.1, -0.05) is 115 Å². The topological polar surface area (TPSA) is 298 Å². The minimum Gasteiger partial charge on any atom is -0.322 e. The van der Waals surface area contributed by atoms with Gasteiger partial charge in [-0.05, 0) is 93.6 Å². The number of hydrazine groups is 3. The van der Waals surface area contributed by atoms with Crippen LogP contribution in [0.3, 0.4) is 0 Å². The minimum absolute atomic E-state index is 0.610. The van der Waals surface area contributed by atoms with Gasteiger partial charge in [0.25, 0.3) is 0 Å². The highest BCUT2D eigenvalue weighted by Gasteiger charge is 2.15. The number of rotatable bonds is 7. The van der Waals surface area contributed by atoms with Gasteiger partial charge in [0, 0.05) is 39.7 Å². The van der Waals surface area contributed by atoms with E-state index in [2.05, 4.69) is 76.7 Å². The van der Waals surface area contributed by atoms with Crippen molar-refractivity contribution in [2.24, 2.45) is 32.5 Å². The maximum atomic E-state index is 5.24. The zero-order chi connectivity index (χ0) is 55.2. The number of fused-ring (bicyclic) bond motifs is 5. The van der Waals surface area contributed by atoms with Crippen LogP contribution >= 0.6 is 0 Å². The SMILES string of the molecule is CC(=Nc1ncnc2ccccc12)NN.CC(=Nc1ncnc2ccccc12)NN.CC(=Nc1ncnc2ccccc12)NN.CN(c1ccccc1)c1nc(Nc2n[nH]c3ccccc23)c2ccccc2n1.c1ccccc1. The summed E-state index contributed by atoms with van der Waals surface area (Å²) in [5.41, 5.74) is 12.9. The van der Waals surface area contributed by atoms with Crippen molar-refractivity contribution >= 4 is 113 Å². The van der Waals surface area contributed by atoms with Gasteiger partial charge in [0.05, 0.1) is 27.6 Å². The molecular formula is C58H57N21. The highest BCUT2D eigenvalue weighted by atomic mass is 15.3.